The number of methoxy groups -OCH3 is 1. The highest BCUT2D eigenvalue weighted by Gasteiger charge is 2.48. The van der Waals surface area contributed by atoms with E-state index in [1.54, 1.807) is 4.90 Å². The van der Waals surface area contributed by atoms with Gasteiger partial charge in [-0.05, 0) is 55.1 Å². The van der Waals surface area contributed by atoms with E-state index in [9.17, 15) is 19.5 Å². The average Bonchev–Trinajstić information content (AvgIpc) is 3.70. The quantitative estimate of drug-likeness (QED) is 0.339. The van der Waals surface area contributed by atoms with Crippen LogP contribution in [-0.2, 0) is 20.8 Å². The second-order valence-electron chi connectivity index (χ2n) is 11.4. The molecule has 2 aromatic carbocycles. The highest BCUT2D eigenvalue weighted by Crippen LogP contribution is 2.47. The van der Waals surface area contributed by atoms with Crippen LogP contribution < -0.4 is 24.8 Å². The second kappa shape index (κ2) is 13.6. The number of ether oxygens (including phenoxy) is 3. The fourth-order valence-corrected chi connectivity index (χ4v) is 6.64. The van der Waals surface area contributed by atoms with Crippen molar-refractivity contribution in [1.82, 2.24) is 9.80 Å². The van der Waals surface area contributed by atoms with E-state index in [0.29, 0.717) is 69.2 Å². The molecule has 0 saturated carbocycles. The van der Waals surface area contributed by atoms with Gasteiger partial charge < -0.3 is 34.9 Å². The van der Waals surface area contributed by atoms with Crippen LogP contribution in [0.1, 0.15) is 49.7 Å². The maximum absolute atomic E-state index is 13.7. The summed E-state index contributed by atoms with van der Waals surface area (Å²) < 4.78 is 16.8. The Morgan fingerprint density at radius 1 is 1.16 bits per heavy atom. The summed E-state index contributed by atoms with van der Waals surface area (Å²) in [6.07, 6.45) is 3.28. The number of fused-ring (bicyclic) bond motifs is 2. The molecule has 11 heteroatoms. The van der Waals surface area contributed by atoms with Crippen molar-refractivity contribution in [3.8, 4) is 17.2 Å². The number of amides is 2. The molecule has 5 rings (SSSR count). The van der Waals surface area contributed by atoms with Crippen LogP contribution in [0.3, 0.4) is 0 Å². The van der Waals surface area contributed by atoms with Crippen molar-refractivity contribution in [2.75, 3.05) is 58.1 Å². The van der Waals surface area contributed by atoms with Crippen LogP contribution in [0.4, 0.5) is 5.69 Å². The molecule has 11 nitrogen and oxygen atoms in total. The number of carbonyl (C=O) groups excluding carboxylic acids is 2. The van der Waals surface area contributed by atoms with Gasteiger partial charge in [-0.1, -0.05) is 31.5 Å². The van der Waals surface area contributed by atoms with Gasteiger partial charge in [0.2, 0.25) is 24.4 Å². The van der Waals surface area contributed by atoms with Crippen LogP contribution in [0, 0.1) is 5.92 Å². The number of carboxylic acids is 1. The number of carbonyl (C=O) groups is 3. The number of hydrogen-bond donors (Lipinski definition) is 2. The number of unbranched alkanes of at least 4 members (excludes halogenated alkanes) is 1. The topological polar surface area (TPSA) is 135 Å². The molecule has 1 saturated heterocycles. The van der Waals surface area contributed by atoms with Gasteiger partial charge in [-0.3, -0.25) is 19.3 Å². The smallest absolute Gasteiger partial charge is 0.308 e. The van der Waals surface area contributed by atoms with Crippen molar-refractivity contribution in [3.63, 3.8) is 0 Å². The highest BCUT2D eigenvalue weighted by atomic mass is 16.7. The van der Waals surface area contributed by atoms with Crippen LogP contribution >= 0.6 is 0 Å². The fraction of sp³-hybridized carbons (Fsp3) is 0.531. The third-order valence-electron chi connectivity index (χ3n) is 8.82. The minimum absolute atomic E-state index is 0.00159. The van der Waals surface area contributed by atoms with E-state index in [0.717, 1.165) is 29.7 Å². The number of likely N-dealkylation sites (tertiary alicyclic amines) is 1. The third kappa shape index (κ3) is 6.42. The van der Waals surface area contributed by atoms with Crippen molar-refractivity contribution in [1.29, 1.82) is 0 Å². The summed E-state index contributed by atoms with van der Waals surface area (Å²) in [7, 11) is 1.54. The molecular formula is C32H42N4O7. The fourth-order valence-electron chi connectivity index (χ4n) is 6.64. The minimum atomic E-state index is -0.944. The van der Waals surface area contributed by atoms with Gasteiger partial charge in [0, 0.05) is 43.8 Å². The molecule has 3 heterocycles. The monoisotopic (exact) mass is 594 g/mol. The van der Waals surface area contributed by atoms with Gasteiger partial charge in [-0.2, -0.15) is 0 Å². The lowest BCUT2D eigenvalue weighted by Crippen LogP contribution is -2.46. The van der Waals surface area contributed by atoms with Crippen LogP contribution in [0.15, 0.2) is 36.4 Å². The second-order valence-corrected chi connectivity index (χ2v) is 11.4. The first kappa shape index (κ1) is 30.6. The van der Waals surface area contributed by atoms with Crippen molar-refractivity contribution >= 4 is 23.5 Å². The van der Waals surface area contributed by atoms with Crippen LogP contribution in [-0.4, -0.2) is 91.9 Å². The Kier molecular flexibility index (Phi) is 9.72. The zero-order valence-corrected chi connectivity index (χ0v) is 25.0. The molecule has 0 spiro atoms. The Morgan fingerprint density at radius 2 is 1.95 bits per heavy atom. The predicted octanol–water partition coefficient (Wildman–Crippen LogP) is 2.85. The standard InChI is InChI=1S/C32H42N4O7/c1-3-4-12-34(13-7-11-33)29(38)19-35-18-23(22-15-26(41-2)31-27(16-22)42-20-43-31)30(32(39)40)25(35)10-14-36-24-9-6-5-8-21(24)17-28(36)37/h5-6,8-9,15-16,23,25,30H,3-4,7,10-14,17-20,33H2,1-2H3,(H,39,40)/t23-,25+,30?/m1/s1. The number of anilines is 1. The maximum atomic E-state index is 13.7. The Morgan fingerprint density at radius 3 is 2.70 bits per heavy atom. The highest BCUT2D eigenvalue weighted by molar-refractivity contribution is 6.01. The predicted molar refractivity (Wildman–Crippen MR) is 161 cm³/mol. The van der Waals surface area contributed by atoms with E-state index in [-0.39, 0.29) is 25.2 Å². The van der Waals surface area contributed by atoms with Crippen molar-refractivity contribution in [3.05, 3.63) is 47.5 Å². The van der Waals surface area contributed by atoms with Crippen molar-refractivity contribution < 1.29 is 33.7 Å². The lowest BCUT2D eigenvalue weighted by atomic mass is 9.84. The first-order valence-corrected chi connectivity index (χ1v) is 15.2. The molecule has 3 aliphatic heterocycles. The van der Waals surface area contributed by atoms with Gasteiger partial charge in [-0.15, -0.1) is 0 Å². The van der Waals surface area contributed by atoms with Gasteiger partial charge in [-0.25, -0.2) is 0 Å². The number of benzene rings is 2. The summed E-state index contributed by atoms with van der Waals surface area (Å²) in [6, 6.07) is 10.8. The van der Waals surface area contributed by atoms with E-state index in [4.69, 9.17) is 19.9 Å². The van der Waals surface area contributed by atoms with Gasteiger partial charge >= 0.3 is 5.97 Å². The van der Waals surface area contributed by atoms with Crippen LogP contribution in [0.25, 0.3) is 0 Å². The third-order valence-corrected chi connectivity index (χ3v) is 8.82. The molecule has 3 atom stereocenters. The molecule has 43 heavy (non-hydrogen) atoms. The van der Waals surface area contributed by atoms with Crippen molar-refractivity contribution in [2.24, 2.45) is 11.7 Å². The van der Waals surface area contributed by atoms with Crippen molar-refractivity contribution in [2.45, 2.75) is 51.0 Å². The molecular weight excluding hydrogens is 552 g/mol. The Hall–Kier alpha value is -3.83. The molecule has 2 amide bonds. The molecule has 2 aromatic rings. The lowest BCUT2D eigenvalue weighted by Gasteiger charge is -2.31. The molecule has 3 N–H and O–H groups in total. The number of carboxylic acid groups (broad SMARTS) is 1. The zero-order valence-electron chi connectivity index (χ0n) is 25.0. The van der Waals surface area contributed by atoms with E-state index < -0.39 is 23.8 Å². The molecule has 0 aliphatic carbocycles. The first-order valence-electron chi connectivity index (χ1n) is 15.2. The average molecular weight is 595 g/mol. The Bertz CT molecular complexity index is 1330. The zero-order chi connectivity index (χ0) is 30.5. The number of nitrogens with zero attached hydrogens (tertiary/aromatic N) is 3. The summed E-state index contributed by atoms with van der Waals surface area (Å²) >= 11 is 0. The lowest BCUT2D eigenvalue weighted by molar-refractivity contribution is -0.143. The SMILES string of the molecule is CCCCN(CCCN)C(=O)CN1C[C@H](c2cc(OC)c3c(c2)OCO3)C(C(=O)O)[C@@H]1CCN1C(=O)Cc2ccccc21. The van der Waals surface area contributed by atoms with E-state index in [1.807, 2.05) is 46.2 Å². The maximum Gasteiger partial charge on any atom is 0.308 e. The Labute approximate surface area is 252 Å². The normalized spacial score (nSPS) is 20.9. The number of rotatable bonds is 14. The van der Waals surface area contributed by atoms with E-state index in [2.05, 4.69) is 6.92 Å². The number of hydrogen-bond acceptors (Lipinski definition) is 8. The number of para-hydroxylation sites is 1. The van der Waals surface area contributed by atoms with Gasteiger partial charge in [0.25, 0.3) is 0 Å². The molecule has 232 valence electrons. The van der Waals surface area contributed by atoms with Gasteiger partial charge in [0.1, 0.15) is 0 Å². The number of aliphatic carboxylic acids is 1. The summed E-state index contributed by atoms with van der Waals surface area (Å²) in [5.41, 5.74) is 8.34. The van der Waals surface area contributed by atoms with Gasteiger partial charge in [0.05, 0.1) is 26.0 Å². The minimum Gasteiger partial charge on any atom is -0.493 e. The first-order chi connectivity index (χ1) is 20.9. The molecule has 0 aromatic heterocycles. The summed E-state index contributed by atoms with van der Waals surface area (Å²) in [6.45, 7) is 4.65. The van der Waals surface area contributed by atoms with Gasteiger partial charge in [0.15, 0.2) is 11.5 Å². The van der Waals surface area contributed by atoms with E-state index in [1.165, 1.54) is 7.11 Å². The molecule has 1 unspecified atom stereocenters. The summed E-state index contributed by atoms with van der Waals surface area (Å²) in [5.74, 6) is -0.755. The summed E-state index contributed by atoms with van der Waals surface area (Å²) in [4.78, 5) is 45.2. The largest absolute Gasteiger partial charge is 0.493 e. The number of nitrogens with two attached hydrogens (primary N) is 1. The van der Waals surface area contributed by atoms with Crippen LogP contribution in [0.5, 0.6) is 17.2 Å². The van der Waals surface area contributed by atoms with Crippen LogP contribution in [0.2, 0.25) is 0 Å². The summed E-state index contributed by atoms with van der Waals surface area (Å²) in [5, 5.41) is 10.6. The molecule has 1 fully saturated rings. The Balaban J connectivity index is 1.45. The molecule has 3 aliphatic rings. The molecule has 0 radical (unpaired) electrons. The van der Waals surface area contributed by atoms with E-state index >= 15 is 0 Å². The molecule has 0 bridgehead atoms.